The van der Waals surface area contributed by atoms with Crippen molar-refractivity contribution in [3.63, 3.8) is 0 Å². The molecule has 0 atom stereocenters. The van der Waals surface area contributed by atoms with E-state index in [2.05, 4.69) is 132 Å². The summed E-state index contributed by atoms with van der Waals surface area (Å²) in [5.41, 5.74) is 10.5. The first-order chi connectivity index (χ1) is 29.2. The van der Waals surface area contributed by atoms with Gasteiger partial charge < -0.3 is 0 Å². The third-order valence-corrected chi connectivity index (χ3v) is 14.8. The van der Waals surface area contributed by atoms with Crippen LogP contribution in [0.3, 0.4) is 0 Å². The molecule has 0 aliphatic heterocycles. The number of thiophene rings is 1. The molecule has 0 aliphatic carbocycles. The van der Waals surface area contributed by atoms with Crippen LogP contribution in [0.2, 0.25) is 0 Å². The number of rotatable bonds is 6. The summed E-state index contributed by atoms with van der Waals surface area (Å²) in [6, 6.07) is 64.3. The zero-order chi connectivity index (χ0) is 38.9. The molecule has 0 spiro atoms. The van der Waals surface area contributed by atoms with E-state index in [1.807, 2.05) is 72.0 Å². The SMILES string of the molecule is c1ccc(-c2nc(-c3ccccc3)nc(-c3ccccc3-c3ccc4sc5cc(-c6nc7ccccn7c6-c6cccc7c6[se]c6ccccc67)ccc5c4c3)n2)cc1. The van der Waals surface area contributed by atoms with Crippen molar-refractivity contribution in [1.82, 2.24) is 24.3 Å². The maximum absolute atomic E-state index is 5.30. The van der Waals surface area contributed by atoms with Crippen molar-refractivity contribution in [2.24, 2.45) is 0 Å². The Balaban J connectivity index is 0.986. The molecular weight excluding hydrogens is 806 g/mol. The first-order valence-corrected chi connectivity index (χ1v) is 22.1. The second kappa shape index (κ2) is 13.8. The van der Waals surface area contributed by atoms with Crippen LogP contribution < -0.4 is 0 Å². The Kier molecular flexibility index (Phi) is 7.98. The second-order valence-corrected chi connectivity index (χ2v) is 17.9. The zero-order valence-corrected chi connectivity index (χ0v) is 34.0. The quantitative estimate of drug-likeness (QED) is 0.157. The Labute approximate surface area is 349 Å². The number of fused-ring (bicyclic) bond motifs is 7. The Morgan fingerprint density at radius 3 is 1.88 bits per heavy atom. The van der Waals surface area contributed by atoms with Crippen LogP contribution in [0.5, 0.6) is 0 Å². The molecule has 5 aromatic heterocycles. The summed E-state index contributed by atoms with van der Waals surface area (Å²) in [6.07, 6.45) is 2.15. The summed E-state index contributed by atoms with van der Waals surface area (Å²) in [7, 11) is 0. The van der Waals surface area contributed by atoms with Gasteiger partial charge in [0.1, 0.15) is 0 Å². The van der Waals surface area contributed by atoms with E-state index in [1.165, 1.54) is 45.0 Å². The Hall–Kier alpha value is -7.02. The number of aromatic nitrogens is 5. The fraction of sp³-hybridized carbons (Fsp3) is 0. The van der Waals surface area contributed by atoms with E-state index in [9.17, 15) is 0 Å². The van der Waals surface area contributed by atoms with Gasteiger partial charge in [0, 0.05) is 16.7 Å². The number of imidazole rings is 1. The third-order valence-electron chi connectivity index (χ3n) is 11.1. The molecule has 0 N–H and O–H groups in total. The Morgan fingerprint density at radius 1 is 0.407 bits per heavy atom. The van der Waals surface area contributed by atoms with E-state index >= 15 is 0 Å². The molecule has 5 nitrogen and oxygen atoms in total. The average Bonchev–Trinajstić information content (AvgIpc) is 4.00. The molecule has 0 amide bonds. The van der Waals surface area contributed by atoms with Crippen molar-refractivity contribution in [3.8, 4) is 67.8 Å². The molecule has 12 rings (SSSR count). The number of pyridine rings is 1. The smallest absolute Gasteiger partial charge is 0.0512 e. The van der Waals surface area contributed by atoms with Gasteiger partial charge in [-0.15, -0.1) is 0 Å². The Bertz CT molecular complexity index is 3510. The van der Waals surface area contributed by atoms with E-state index in [4.69, 9.17) is 19.9 Å². The molecule has 7 heteroatoms. The minimum atomic E-state index is 0.211. The van der Waals surface area contributed by atoms with Crippen molar-refractivity contribution in [2.75, 3.05) is 0 Å². The molecule has 276 valence electrons. The topological polar surface area (TPSA) is 56.0 Å². The van der Waals surface area contributed by atoms with Crippen molar-refractivity contribution >= 4 is 71.0 Å². The molecule has 12 aromatic rings. The van der Waals surface area contributed by atoms with Gasteiger partial charge in [0.2, 0.25) is 0 Å². The fourth-order valence-corrected chi connectivity index (χ4v) is 12.0. The van der Waals surface area contributed by atoms with Crippen LogP contribution >= 0.6 is 11.3 Å². The van der Waals surface area contributed by atoms with Gasteiger partial charge in [-0.3, -0.25) is 0 Å². The molecule has 0 saturated heterocycles. The van der Waals surface area contributed by atoms with Crippen LogP contribution in [-0.2, 0) is 0 Å². The van der Waals surface area contributed by atoms with Crippen LogP contribution in [0.1, 0.15) is 0 Å². The number of hydrogen-bond donors (Lipinski definition) is 0. The standard InChI is InChI=1S/C52H31N5SSe/c1-3-14-32(15-4-1)50-54-51(33-16-5-2-6-17-33)56-52(55-50)40-20-8-7-18-36(40)34-26-28-43-42(30-34)37-27-25-35(31-44(37)58-43)47-48(57-29-12-11-24-46(57)53-47)41-22-13-21-39-38-19-9-10-23-45(38)59-49(39)41/h1-31H. The molecule has 0 unspecified atom stereocenters. The van der Waals surface area contributed by atoms with Gasteiger partial charge in [0.25, 0.3) is 0 Å². The zero-order valence-electron chi connectivity index (χ0n) is 31.5. The normalized spacial score (nSPS) is 11.7. The monoisotopic (exact) mass is 837 g/mol. The second-order valence-electron chi connectivity index (χ2n) is 14.6. The largest absolute Gasteiger partial charge is 0.208 e. The molecule has 0 saturated carbocycles. The first kappa shape index (κ1) is 34.1. The van der Waals surface area contributed by atoms with E-state index in [0.717, 1.165) is 50.4 Å². The molecule has 0 aliphatic rings. The number of nitrogens with zero attached hydrogens (tertiary/aromatic N) is 5. The molecule has 0 fully saturated rings. The minimum Gasteiger partial charge on any atom is -0.208 e. The van der Waals surface area contributed by atoms with Crippen LogP contribution in [0.15, 0.2) is 188 Å². The van der Waals surface area contributed by atoms with Gasteiger partial charge in [-0.05, 0) is 0 Å². The summed E-state index contributed by atoms with van der Waals surface area (Å²) < 4.78 is 7.61. The van der Waals surface area contributed by atoms with Crippen LogP contribution in [0.4, 0.5) is 0 Å². The van der Waals surface area contributed by atoms with Crippen LogP contribution in [0.25, 0.3) is 113 Å². The van der Waals surface area contributed by atoms with Crippen molar-refractivity contribution in [1.29, 1.82) is 0 Å². The molecule has 7 aromatic carbocycles. The first-order valence-electron chi connectivity index (χ1n) is 19.5. The summed E-state index contributed by atoms with van der Waals surface area (Å²) in [4.78, 5) is 20.4. The van der Waals surface area contributed by atoms with Crippen LogP contribution in [0, 0.1) is 0 Å². The Morgan fingerprint density at radius 2 is 1.07 bits per heavy atom. The van der Waals surface area contributed by atoms with E-state index in [-0.39, 0.29) is 14.5 Å². The van der Waals surface area contributed by atoms with Gasteiger partial charge in [-0.2, -0.15) is 0 Å². The van der Waals surface area contributed by atoms with Gasteiger partial charge >= 0.3 is 217 Å². The molecule has 0 radical (unpaired) electrons. The predicted molar refractivity (Wildman–Crippen MR) is 246 cm³/mol. The van der Waals surface area contributed by atoms with Crippen molar-refractivity contribution in [2.45, 2.75) is 0 Å². The van der Waals surface area contributed by atoms with E-state index in [1.54, 1.807) is 0 Å². The van der Waals surface area contributed by atoms with Gasteiger partial charge in [0.15, 0.2) is 17.5 Å². The van der Waals surface area contributed by atoms with E-state index in [0.29, 0.717) is 17.5 Å². The summed E-state index contributed by atoms with van der Waals surface area (Å²) in [6.45, 7) is 0. The number of hydrogen-bond acceptors (Lipinski definition) is 5. The van der Waals surface area contributed by atoms with Gasteiger partial charge in [-0.1, -0.05) is 84.9 Å². The van der Waals surface area contributed by atoms with Crippen LogP contribution in [-0.4, -0.2) is 38.8 Å². The molecule has 59 heavy (non-hydrogen) atoms. The summed E-state index contributed by atoms with van der Waals surface area (Å²) in [5.74, 6) is 1.94. The maximum Gasteiger partial charge on any atom is -0.0512 e. The van der Waals surface area contributed by atoms with Gasteiger partial charge in [0.05, 0.1) is 0 Å². The maximum atomic E-state index is 5.30. The number of benzene rings is 7. The molecule has 5 heterocycles. The fourth-order valence-electron chi connectivity index (χ4n) is 8.34. The molecular formula is C52H31N5SSe. The summed E-state index contributed by atoms with van der Waals surface area (Å²) >= 11 is 2.04. The summed E-state index contributed by atoms with van der Waals surface area (Å²) in [5, 5.41) is 5.16. The van der Waals surface area contributed by atoms with Crippen molar-refractivity contribution < 1.29 is 0 Å². The molecule has 0 bridgehead atoms. The van der Waals surface area contributed by atoms with Crippen molar-refractivity contribution in [3.05, 3.63) is 188 Å². The minimum absolute atomic E-state index is 0.211. The average molecular weight is 837 g/mol. The third kappa shape index (κ3) is 5.74. The predicted octanol–water partition coefficient (Wildman–Crippen LogP) is 13.3. The van der Waals surface area contributed by atoms with E-state index < -0.39 is 0 Å². The van der Waals surface area contributed by atoms with Gasteiger partial charge in [-0.25, -0.2) is 15.0 Å².